The maximum absolute atomic E-state index is 10.2. The van der Waals surface area contributed by atoms with E-state index < -0.39 is 38.8 Å². The first-order valence-electron chi connectivity index (χ1n) is 11.4. The van der Waals surface area contributed by atoms with E-state index in [2.05, 4.69) is 27.7 Å². The predicted octanol–water partition coefficient (Wildman–Crippen LogP) is 2.05. The molecule has 0 fully saturated rings. The van der Waals surface area contributed by atoms with Crippen LogP contribution in [0.1, 0.15) is 98.3 Å². The second kappa shape index (κ2) is 31.3. The van der Waals surface area contributed by atoms with Crippen LogP contribution < -0.4 is 10.2 Å². The molecule has 0 heterocycles. The topological polar surface area (TPSA) is 201 Å². The van der Waals surface area contributed by atoms with Crippen molar-refractivity contribution in [3.63, 3.8) is 0 Å². The van der Waals surface area contributed by atoms with Crippen LogP contribution in [0, 0.1) is 56.8 Å². The maximum atomic E-state index is 10.2. The zero-order chi connectivity index (χ0) is 26.9. The molecule has 0 bridgehead atoms. The SMILES string of the molecule is CCCCC(CC)[CH2][Na].CCCCCCCC.O=C([O-])CC(C(=O)[O-])S(=O)(=O)O.O=[N+]([O-])[O-].[La+3]. The van der Waals surface area contributed by atoms with Gasteiger partial charge in [-0.15, -0.1) is 0 Å². The Balaban J connectivity index is -0.000000115. The van der Waals surface area contributed by atoms with Crippen molar-refractivity contribution in [2.45, 2.75) is 107 Å². The monoisotopic (exact) mass is 647 g/mol. The standard InChI is InChI=1S/C8H17.C8H18.C4H6O7S.La.NO3.Na/c1-4-6-7-8(3)5-2;1-3-5-7-8-6-4-2;5-3(6)1-2(4(7)8)12(9,10)11;;2-1(3)4;/h8H,3-7H2,1-2H3;3-8H2,1-2H3;2H,1H2,(H,5,6)(H,7,8)(H,9,10,11);;;/q;;;+3;-1;/p-2. The fourth-order valence-corrected chi connectivity index (χ4v) is 4.08. The first-order chi connectivity index (χ1) is 15.2. The van der Waals surface area contributed by atoms with Crippen molar-refractivity contribution < 1.29 is 73.5 Å². The van der Waals surface area contributed by atoms with Gasteiger partial charge in [-0.25, -0.2) is 0 Å². The summed E-state index contributed by atoms with van der Waals surface area (Å²) < 4.78 is 30.0. The van der Waals surface area contributed by atoms with Crippen molar-refractivity contribution in [2.75, 3.05) is 0 Å². The third-order valence-corrected chi connectivity index (χ3v) is 6.79. The van der Waals surface area contributed by atoms with E-state index in [-0.39, 0.29) is 35.6 Å². The molecular weight excluding hydrogens is 608 g/mol. The van der Waals surface area contributed by atoms with Gasteiger partial charge in [-0.1, -0.05) is 52.4 Å². The van der Waals surface area contributed by atoms with E-state index in [0.717, 1.165) is 5.92 Å². The van der Waals surface area contributed by atoms with Crippen LogP contribution in [-0.4, -0.2) is 63.2 Å². The Bertz CT molecular complexity index is 580. The molecule has 0 aliphatic heterocycles. The van der Waals surface area contributed by atoms with Gasteiger partial charge in [0, 0.05) is 12.4 Å². The van der Waals surface area contributed by atoms with Crippen molar-refractivity contribution in [2.24, 2.45) is 5.92 Å². The molecular formula is C20H39LaNNaO10S. The van der Waals surface area contributed by atoms with Crippen molar-refractivity contribution in [3.05, 3.63) is 15.3 Å². The maximum Gasteiger partial charge on any atom is 3.00 e. The summed E-state index contributed by atoms with van der Waals surface area (Å²) in [5.74, 6) is -3.01. The van der Waals surface area contributed by atoms with Gasteiger partial charge in [0.25, 0.3) is 10.1 Å². The molecule has 34 heavy (non-hydrogen) atoms. The van der Waals surface area contributed by atoms with E-state index >= 15 is 0 Å². The minimum Gasteiger partial charge on any atom is -0.550 e. The fourth-order valence-electron chi connectivity index (χ4n) is 2.50. The third-order valence-electron chi connectivity index (χ3n) is 4.55. The number of aliphatic carboxylic acids is 2. The molecule has 2 unspecified atom stereocenters. The second-order valence-electron chi connectivity index (χ2n) is 7.36. The number of unbranched alkanes of at least 4 members (excludes halogenated alkanes) is 6. The normalized spacial score (nSPS) is 11.5. The summed E-state index contributed by atoms with van der Waals surface area (Å²) in [6.45, 7) is 9.11. The molecule has 0 saturated carbocycles. The van der Waals surface area contributed by atoms with Crippen LogP contribution in [0.2, 0.25) is 3.67 Å². The van der Waals surface area contributed by atoms with Gasteiger partial charge in [0.1, 0.15) is 5.25 Å². The molecule has 0 radical (unpaired) electrons. The number of hydrogen-bond acceptors (Lipinski definition) is 9. The number of hydrogen-bond donors (Lipinski definition) is 1. The number of carbonyl (C=O) groups excluding carboxylic acids is 2. The molecule has 0 aromatic carbocycles. The molecule has 0 saturated heterocycles. The molecule has 0 aliphatic carbocycles. The van der Waals surface area contributed by atoms with E-state index in [1.165, 1.54) is 95.8 Å². The van der Waals surface area contributed by atoms with Crippen LogP contribution in [0.4, 0.5) is 0 Å². The van der Waals surface area contributed by atoms with Crippen LogP contribution in [0.15, 0.2) is 0 Å². The quantitative estimate of drug-likeness (QED) is 0.0956. The molecule has 194 valence electrons. The Morgan fingerprint density at radius 3 is 1.47 bits per heavy atom. The zero-order valence-electron chi connectivity index (χ0n) is 21.2. The largest absolute Gasteiger partial charge is 3.00 e. The average molecular weight is 647 g/mol. The molecule has 0 rings (SSSR count). The van der Waals surface area contributed by atoms with Crippen LogP contribution in [-0.2, 0) is 19.7 Å². The average Bonchev–Trinajstić information content (AvgIpc) is 2.70. The van der Waals surface area contributed by atoms with Gasteiger partial charge in [0.15, 0.2) is 0 Å². The van der Waals surface area contributed by atoms with Crippen molar-refractivity contribution in [1.82, 2.24) is 0 Å². The Hall–Kier alpha value is 0.245. The minimum atomic E-state index is -4.94. The Labute approximate surface area is 249 Å². The molecule has 11 nitrogen and oxygen atoms in total. The van der Waals surface area contributed by atoms with Gasteiger partial charge in [0.05, 0.1) is 11.1 Å². The van der Waals surface area contributed by atoms with Gasteiger partial charge in [-0.3, -0.25) is 4.55 Å². The summed E-state index contributed by atoms with van der Waals surface area (Å²) in [4.78, 5) is 28.0. The molecule has 1 N–H and O–H groups in total. The van der Waals surface area contributed by atoms with Crippen LogP contribution in [0.25, 0.3) is 0 Å². The molecule has 0 aromatic heterocycles. The van der Waals surface area contributed by atoms with Gasteiger partial charge < -0.3 is 35.1 Å². The van der Waals surface area contributed by atoms with Gasteiger partial charge >= 0.3 is 113 Å². The molecule has 2 atom stereocenters. The summed E-state index contributed by atoms with van der Waals surface area (Å²) in [6, 6.07) is 0. The van der Waals surface area contributed by atoms with Gasteiger partial charge in [-0.05, 0) is 0 Å². The van der Waals surface area contributed by atoms with Crippen LogP contribution >= 0.6 is 0 Å². The fraction of sp³-hybridized carbons (Fsp3) is 0.900. The second-order valence-corrected chi connectivity index (χ2v) is 9.78. The third kappa shape index (κ3) is 42.4. The Kier molecular flexibility index (Phi) is 40.7. The number of carboxylic acid groups (broad SMARTS) is 2. The van der Waals surface area contributed by atoms with Crippen molar-refractivity contribution in [1.29, 1.82) is 0 Å². The molecule has 0 spiro atoms. The summed E-state index contributed by atoms with van der Waals surface area (Å²) in [5, 5.41) is 32.0. The van der Waals surface area contributed by atoms with Crippen LogP contribution in [0.5, 0.6) is 0 Å². The van der Waals surface area contributed by atoms with E-state index in [1.807, 2.05) is 0 Å². The number of carboxylic acids is 2. The van der Waals surface area contributed by atoms with Gasteiger partial charge in [-0.2, -0.15) is 8.42 Å². The first kappa shape index (κ1) is 44.3. The summed E-state index contributed by atoms with van der Waals surface area (Å²) in [6.07, 6.45) is 12.9. The number of nitrogens with zero attached hydrogens (tertiary/aromatic N) is 1. The number of carbonyl (C=O) groups is 2. The zero-order valence-corrected chi connectivity index (χ0v) is 27.6. The van der Waals surface area contributed by atoms with Gasteiger partial charge in [0.2, 0.25) is 0 Å². The Morgan fingerprint density at radius 1 is 0.912 bits per heavy atom. The van der Waals surface area contributed by atoms with Crippen LogP contribution in [0.3, 0.4) is 0 Å². The van der Waals surface area contributed by atoms with Crippen molar-refractivity contribution >= 4 is 50.0 Å². The summed E-state index contributed by atoms with van der Waals surface area (Å²) >= 11 is 1.40. The first-order valence-corrected chi connectivity index (χ1v) is 14.3. The van der Waals surface area contributed by atoms with Crippen molar-refractivity contribution in [3.8, 4) is 0 Å². The minimum absolute atomic E-state index is 0. The molecule has 14 heteroatoms. The Morgan fingerprint density at radius 2 is 1.29 bits per heavy atom. The molecule has 0 amide bonds. The predicted molar refractivity (Wildman–Crippen MR) is 123 cm³/mol. The summed E-state index contributed by atoms with van der Waals surface area (Å²) in [7, 11) is -4.94. The molecule has 0 aromatic rings. The van der Waals surface area contributed by atoms with E-state index in [9.17, 15) is 28.2 Å². The van der Waals surface area contributed by atoms with E-state index in [4.69, 9.17) is 19.9 Å². The number of rotatable bonds is 14. The smallest absolute Gasteiger partial charge is 0.550 e. The molecule has 0 aliphatic rings. The van der Waals surface area contributed by atoms with E-state index in [1.54, 1.807) is 0 Å². The summed E-state index contributed by atoms with van der Waals surface area (Å²) in [5.41, 5.74) is 0. The van der Waals surface area contributed by atoms with E-state index in [0.29, 0.717) is 0 Å².